The summed E-state index contributed by atoms with van der Waals surface area (Å²) in [7, 11) is 0. The van der Waals surface area contributed by atoms with Crippen molar-refractivity contribution in [2.75, 3.05) is 6.54 Å². The third-order valence-corrected chi connectivity index (χ3v) is 4.26. The fourth-order valence-electron chi connectivity index (χ4n) is 2.97. The normalized spacial score (nSPS) is 17.8. The second-order valence-corrected chi connectivity index (χ2v) is 6.10. The van der Waals surface area contributed by atoms with Gasteiger partial charge >= 0.3 is 5.63 Å². The summed E-state index contributed by atoms with van der Waals surface area (Å²) in [5.74, 6) is -0.833. The molecule has 1 aliphatic carbocycles. The lowest BCUT2D eigenvalue weighted by molar-refractivity contribution is -0.130. The maximum absolute atomic E-state index is 12.6. The van der Waals surface area contributed by atoms with Gasteiger partial charge in [-0.2, -0.15) is 0 Å². The molecule has 0 radical (unpaired) electrons. The number of hydrogen-bond donors (Lipinski definition) is 0. The van der Waals surface area contributed by atoms with Gasteiger partial charge in [-0.1, -0.05) is 19.3 Å². The summed E-state index contributed by atoms with van der Waals surface area (Å²) < 4.78 is 30.1. The van der Waals surface area contributed by atoms with Gasteiger partial charge in [0.25, 0.3) is 12.3 Å². The van der Waals surface area contributed by atoms with Crippen molar-refractivity contribution < 1.29 is 22.8 Å². The van der Waals surface area contributed by atoms with Crippen LogP contribution in [0.5, 0.6) is 0 Å². The number of alkyl halides is 2. The molecule has 0 N–H and O–H groups in total. The molecule has 124 valence electrons. The molecule has 2 amide bonds. The summed E-state index contributed by atoms with van der Waals surface area (Å²) in [6.45, 7) is -0.933. The fourth-order valence-corrected chi connectivity index (χ4v) is 2.97. The summed E-state index contributed by atoms with van der Waals surface area (Å²) in [6, 6.07) is 1.24. The number of halogens is 2. The Morgan fingerprint density at radius 3 is 2.65 bits per heavy atom. The quantitative estimate of drug-likeness (QED) is 0.752. The van der Waals surface area contributed by atoms with Crippen LogP contribution in [0.1, 0.15) is 47.4 Å². The minimum Gasteiger partial charge on any atom is -0.426 e. The molecule has 1 fully saturated rings. The highest BCUT2D eigenvalue weighted by Gasteiger charge is 2.36. The number of carbonyl (C=O) groups excluding carboxylic acids is 2. The lowest BCUT2D eigenvalue weighted by Gasteiger charge is -2.26. The first-order valence-corrected chi connectivity index (χ1v) is 7.74. The number of carbonyl (C=O) groups is 2. The Labute approximate surface area is 131 Å². The standard InChI is InChI=1S/C16H17F2NO4/c17-12(18)8-19-13(20)7-11-15(16(19)22)10(6-14(21)23-11)3-1-2-9-4-5-9/h6,9,12H,1-5,7-8H2. The second-order valence-electron chi connectivity index (χ2n) is 6.10. The summed E-state index contributed by atoms with van der Waals surface area (Å²) in [5, 5.41) is 0. The highest BCUT2D eigenvalue weighted by molar-refractivity contribution is 6.09. The van der Waals surface area contributed by atoms with E-state index < -0.39 is 30.4 Å². The number of aryl methyl sites for hydroxylation is 1. The predicted molar refractivity (Wildman–Crippen MR) is 76.4 cm³/mol. The van der Waals surface area contributed by atoms with Gasteiger partial charge in [0, 0.05) is 6.07 Å². The fraction of sp³-hybridized carbons (Fsp3) is 0.562. The first-order valence-electron chi connectivity index (χ1n) is 7.74. The molecule has 1 aliphatic heterocycles. The maximum Gasteiger partial charge on any atom is 0.336 e. The molecule has 0 unspecified atom stereocenters. The minimum atomic E-state index is -2.79. The maximum atomic E-state index is 12.6. The lowest BCUT2D eigenvalue weighted by atomic mass is 9.96. The molecule has 3 rings (SSSR count). The third-order valence-electron chi connectivity index (χ3n) is 4.26. The molecule has 7 heteroatoms. The van der Waals surface area contributed by atoms with Gasteiger partial charge in [0.1, 0.15) is 5.76 Å². The first kappa shape index (κ1) is 15.8. The molecule has 2 aliphatic rings. The largest absolute Gasteiger partial charge is 0.426 e. The first-order chi connectivity index (χ1) is 11.0. The Balaban J connectivity index is 1.88. The molecule has 5 nitrogen and oxygen atoms in total. The number of amides is 2. The average molecular weight is 325 g/mol. The van der Waals surface area contributed by atoms with Gasteiger partial charge in [0.15, 0.2) is 0 Å². The van der Waals surface area contributed by atoms with Gasteiger partial charge in [0.05, 0.1) is 18.5 Å². The van der Waals surface area contributed by atoms with E-state index >= 15 is 0 Å². The lowest BCUT2D eigenvalue weighted by Crippen LogP contribution is -2.45. The van der Waals surface area contributed by atoms with Crippen LogP contribution in [-0.2, 0) is 17.6 Å². The molecule has 0 saturated heterocycles. The molecule has 1 aromatic heterocycles. The monoisotopic (exact) mass is 325 g/mol. The Hall–Kier alpha value is -2.05. The second kappa shape index (κ2) is 6.22. The van der Waals surface area contributed by atoms with Crippen LogP contribution in [0.15, 0.2) is 15.3 Å². The molecule has 0 bridgehead atoms. The third kappa shape index (κ3) is 3.48. The molecule has 2 heterocycles. The van der Waals surface area contributed by atoms with E-state index in [9.17, 15) is 23.2 Å². The highest BCUT2D eigenvalue weighted by Crippen LogP contribution is 2.34. The Bertz CT molecular complexity index is 694. The van der Waals surface area contributed by atoms with Crippen LogP contribution in [-0.4, -0.2) is 29.7 Å². The zero-order chi connectivity index (χ0) is 16.6. The van der Waals surface area contributed by atoms with E-state index in [4.69, 9.17) is 4.42 Å². The van der Waals surface area contributed by atoms with Crippen molar-refractivity contribution in [3.63, 3.8) is 0 Å². The van der Waals surface area contributed by atoms with Gasteiger partial charge in [-0.15, -0.1) is 0 Å². The van der Waals surface area contributed by atoms with Crippen molar-refractivity contribution in [1.82, 2.24) is 4.90 Å². The van der Waals surface area contributed by atoms with Crippen molar-refractivity contribution in [3.8, 4) is 0 Å². The smallest absolute Gasteiger partial charge is 0.336 e. The summed E-state index contributed by atoms with van der Waals surface area (Å²) in [6.07, 6.45) is 1.64. The molecule has 23 heavy (non-hydrogen) atoms. The van der Waals surface area contributed by atoms with E-state index in [1.165, 1.54) is 18.9 Å². The van der Waals surface area contributed by atoms with Crippen molar-refractivity contribution in [3.05, 3.63) is 33.4 Å². The molecule has 0 aromatic carbocycles. The summed E-state index contributed by atoms with van der Waals surface area (Å²) in [4.78, 5) is 36.4. The Morgan fingerprint density at radius 2 is 2.00 bits per heavy atom. The SMILES string of the molecule is O=C1Cc2oc(=O)cc(CCCC3CC3)c2C(=O)N1CC(F)F. The molecule has 0 spiro atoms. The molecule has 1 aromatic rings. The van der Waals surface area contributed by atoms with Crippen LogP contribution in [0.2, 0.25) is 0 Å². The molecule has 1 saturated carbocycles. The number of nitrogens with zero attached hydrogens (tertiary/aromatic N) is 1. The summed E-state index contributed by atoms with van der Waals surface area (Å²) in [5.41, 5.74) is -0.0117. The van der Waals surface area contributed by atoms with E-state index in [0.717, 1.165) is 18.8 Å². The predicted octanol–water partition coefficient (Wildman–Crippen LogP) is 2.16. The zero-order valence-corrected chi connectivity index (χ0v) is 12.5. The van der Waals surface area contributed by atoms with Crippen molar-refractivity contribution in [2.24, 2.45) is 5.92 Å². The average Bonchev–Trinajstić information content (AvgIpc) is 3.26. The Morgan fingerprint density at radius 1 is 1.26 bits per heavy atom. The van der Waals surface area contributed by atoms with E-state index in [1.54, 1.807) is 0 Å². The number of fused-ring (bicyclic) bond motifs is 1. The molecular weight excluding hydrogens is 308 g/mol. The Kier molecular flexibility index (Phi) is 4.28. The van der Waals surface area contributed by atoms with Crippen molar-refractivity contribution in [1.29, 1.82) is 0 Å². The van der Waals surface area contributed by atoms with E-state index in [-0.39, 0.29) is 17.7 Å². The van der Waals surface area contributed by atoms with Gasteiger partial charge < -0.3 is 4.42 Å². The van der Waals surface area contributed by atoms with Crippen LogP contribution >= 0.6 is 0 Å². The van der Waals surface area contributed by atoms with Crippen LogP contribution in [0.4, 0.5) is 8.78 Å². The van der Waals surface area contributed by atoms with Gasteiger partial charge in [-0.25, -0.2) is 13.6 Å². The van der Waals surface area contributed by atoms with Gasteiger partial charge in [0.2, 0.25) is 5.91 Å². The van der Waals surface area contributed by atoms with Crippen LogP contribution in [0.25, 0.3) is 0 Å². The van der Waals surface area contributed by atoms with Gasteiger partial charge in [-0.3, -0.25) is 14.5 Å². The van der Waals surface area contributed by atoms with Crippen LogP contribution in [0.3, 0.4) is 0 Å². The van der Waals surface area contributed by atoms with Gasteiger partial charge in [-0.05, 0) is 24.3 Å². The van der Waals surface area contributed by atoms with Crippen molar-refractivity contribution in [2.45, 2.75) is 45.0 Å². The molecule has 0 atom stereocenters. The van der Waals surface area contributed by atoms with E-state index in [2.05, 4.69) is 0 Å². The number of hydrogen-bond acceptors (Lipinski definition) is 4. The van der Waals surface area contributed by atoms with E-state index in [1.807, 2.05) is 0 Å². The number of rotatable bonds is 6. The van der Waals surface area contributed by atoms with Crippen LogP contribution in [0, 0.1) is 5.92 Å². The highest BCUT2D eigenvalue weighted by atomic mass is 19.3. The topological polar surface area (TPSA) is 67.6 Å². The zero-order valence-electron chi connectivity index (χ0n) is 12.5. The molecular formula is C16H17F2NO4. The number of imide groups is 1. The van der Waals surface area contributed by atoms with Crippen LogP contribution < -0.4 is 5.63 Å². The van der Waals surface area contributed by atoms with E-state index in [0.29, 0.717) is 16.9 Å². The summed E-state index contributed by atoms with van der Waals surface area (Å²) >= 11 is 0. The van der Waals surface area contributed by atoms with Crippen molar-refractivity contribution >= 4 is 11.8 Å². The minimum absolute atomic E-state index is 0.000520.